The number of amidine groups is 1. The predicted octanol–water partition coefficient (Wildman–Crippen LogP) is 1.87. The van der Waals surface area contributed by atoms with Gasteiger partial charge in [0, 0.05) is 16.6 Å². The van der Waals surface area contributed by atoms with Crippen molar-refractivity contribution in [1.29, 1.82) is 0 Å². The summed E-state index contributed by atoms with van der Waals surface area (Å²) < 4.78 is 6.34. The van der Waals surface area contributed by atoms with Crippen LogP contribution in [-0.2, 0) is 0 Å². The Labute approximate surface area is 115 Å². The zero-order chi connectivity index (χ0) is 13.5. The van der Waals surface area contributed by atoms with Crippen LogP contribution < -0.4 is 10.5 Å². The second kappa shape index (κ2) is 7.23. The van der Waals surface area contributed by atoms with Gasteiger partial charge in [-0.05, 0) is 54.6 Å². The average molecular weight is 316 g/mol. The molecule has 100 valence electrons. The van der Waals surface area contributed by atoms with Crippen LogP contribution in [0, 0.1) is 0 Å². The van der Waals surface area contributed by atoms with Crippen molar-refractivity contribution in [3.8, 4) is 5.75 Å². The van der Waals surface area contributed by atoms with E-state index in [0.29, 0.717) is 12.2 Å². The van der Waals surface area contributed by atoms with Crippen LogP contribution in [0.4, 0.5) is 0 Å². The van der Waals surface area contributed by atoms with Crippen LogP contribution in [0.1, 0.15) is 12.0 Å². The highest BCUT2D eigenvalue weighted by Gasteiger charge is 2.06. The Morgan fingerprint density at radius 3 is 2.78 bits per heavy atom. The van der Waals surface area contributed by atoms with Crippen LogP contribution in [0.25, 0.3) is 0 Å². The molecule has 0 amide bonds. The van der Waals surface area contributed by atoms with Gasteiger partial charge in [-0.25, -0.2) is 0 Å². The summed E-state index contributed by atoms with van der Waals surface area (Å²) in [5.74, 6) is 0.830. The van der Waals surface area contributed by atoms with Gasteiger partial charge in [0.05, 0.1) is 6.61 Å². The van der Waals surface area contributed by atoms with Gasteiger partial charge < -0.3 is 20.6 Å². The summed E-state index contributed by atoms with van der Waals surface area (Å²) in [5, 5.41) is 11.6. The summed E-state index contributed by atoms with van der Waals surface area (Å²) in [4.78, 5) is 2.11. The first-order valence-electron chi connectivity index (χ1n) is 5.59. The number of benzene rings is 1. The quantitative estimate of drug-likeness (QED) is 0.276. The standard InChI is InChI=1S/C12H18BrN3O2/c1-16(2)6-3-7-18-9-4-5-10(11(13)8-9)12(14)15-17/h4-5,8,17H,3,6-7H2,1-2H3,(H2,14,15). The zero-order valence-electron chi connectivity index (χ0n) is 10.6. The maximum Gasteiger partial charge on any atom is 0.171 e. The molecule has 6 heteroatoms. The van der Waals surface area contributed by atoms with Crippen LogP contribution in [0.2, 0.25) is 0 Å². The van der Waals surface area contributed by atoms with Gasteiger partial charge in [0.25, 0.3) is 0 Å². The summed E-state index contributed by atoms with van der Waals surface area (Å²) in [7, 11) is 4.06. The molecule has 5 nitrogen and oxygen atoms in total. The molecule has 0 aromatic heterocycles. The van der Waals surface area contributed by atoms with Gasteiger partial charge in [-0.2, -0.15) is 0 Å². The average Bonchev–Trinajstić information content (AvgIpc) is 2.33. The fourth-order valence-electron chi connectivity index (χ4n) is 1.42. The van der Waals surface area contributed by atoms with Crippen molar-refractivity contribution in [2.45, 2.75) is 6.42 Å². The molecule has 0 aliphatic rings. The van der Waals surface area contributed by atoms with Crippen molar-refractivity contribution < 1.29 is 9.94 Å². The topological polar surface area (TPSA) is 71.1 Å². The monoisotopic (exact) mass is 315 g/mol. The second-order valence-corrected chi connectivity index (χ2v) is 4.99. The Morgan fingerprint density at radius 1 is 1.50 bits per heavy atom. The van der Waals surface area contributed by atoms with E-state index in [-0.39, 0.29) is 5.84 Å². The van der Waals surface area contributed by atoms with Gasteiger partial charge in [0.2, 0.25) is 0 Å². The smallest absolute Gasteiger partial charge is 0.171 e. The third-order valence-corrected chi connectivity index (χ3v) is 3.00. The van der Waals surface area contributed by atoms with Crippen LogP contribution in [0.3, 0.4) is 0 Å². The van der Waals surface area contributed by atoms with Gasteiger partial charge in [0.15, 0.2) is 5.84 Å². The van der Waals surface area contributed by atoms with E-state index in [0.717, 1.165) is 23.2 Å². The molecule has 0 saturated heterocycles. The number of hydrogen-bond acceptors (Lipinski definition) is 4. The molecule has 0 radical (unpaired) electrons. The first kappa shape index (κ1) is 14.8. The lowest BCUT2D eigenvalue weighted by atomic mass is 10.2. The molecule has 18 heavy (non-hydrogen) atoms. The summed E-state index contributed by atoms with van der Waals surface area (Å²) in [5.41, 5.74) is 6.16. The van der Waals surface area contributed by atoms with Crippen molar-refractivity contribution in [3.63, 3.8) is 0 Å². The van der Waals surface area contributed by atoms with Gasteiger partial charge in [-0.1, -0.05) is 5.16 Å². The molecule has 0 unspecified atom stereocenters. The number of oxime groups is 1. The Bertz CT molecular complexity index is 422. The molecule has 0 heterocycles. The molecule has 0 spiro atoms. The fourth-order valence-corrected chi connectivity index (χ4v) is 1.98. The lowest BCUT2D eigenvalue weighted by Gasteiger charge is -2.11. The second-order valence-electron chi connectivity index (χ2n) is 4.13. The molecular weight excluding hydrogens is 298 g/mol. The van der Waals surface area contributed by atoms with E-state index in [2.05, 4.69) is 26.0 Å². The molecule has 0 saturated carbocycles. The van der Waals surface area contributed by atoms with Crippen molar-refractivity contribution in [2.75, 3.05) is 27.2 Å². The summed E-state index contributed by atoms with van der Waals surface area (Å²) in [6.07, 6.45) is 0.965. The van der Waals surface area contributed by atoms with Gasteiger partial charge in [-0.3, -0.25) is 0 Å². The van der Waals surface area contributed by atoms with E-state index in [1.807, 2.05) is 20.2 Å². The molecule has 0 fully saturated rings. The number of hydrogen-bond donors (Lipinski definition) is 2. The molecule has 1 aromatic carbocycles. The molecule has 1 rings (SSSR count). The van der Waals surface area contributed by atoms with E-state index in [9.17, 15) is 0 Å². The Morgan fingerprint density at radius 2 is 2.22 bits per heavy atom. The lowest BCUT2D eigenvalue weighted by molar-refractivity contribution is 0.281. The highest BCUT2D eigenvalue weighted by atomic mass is 79.9. The minimum absolute atomic E-state index is 0.0704. The molecule has 0 aliphatic heterocycles. The van der Waals surface area contributed by atoms with Crippen LogP contribution >= 0.6 is 15.9 Å². The Balaban J connectivity index is 2.57. The van der Waals surface area contributed by atoms with Gasteiger partial charge in [0.1, 0.15) is 5.75 Å². The number of nitrogens with zero attached hydrogens (tertiary/aromatic N) is 2. The van der Waals surface area contributed by atoms with Crippen LogP contribution in [-0.4, -0.2) is 43.2 Å². The summed E-state index contributed by atoms with van der Waals surface area (Å²) in [6.45, 7) is 1.65. The minimum Gasteiger partial charge on any atom is -0.494 e. The normalized spacial score (nSPS) is 11.9. The highest BCUT2D eigenvalue weighted by Crippen LogP contribution is 2.23. The van der Waals surface area contributed by atoms with Crippen molar-refractivity contribution in [3.05, 3.63) is 28.2 Å². The molecule has 0 bridgehead atoms. The van der Waals surface area contributed by atoms with E-state index in [1.165, 1.54) is 0 Å². The fraction of sp³-hybridized carbons (Fsp3) is 0.417. The highest BCUT2D eigenvalue weighted by molar-refractivity contribution is 9.10. The molecule has 0 aliphatic carbocycles. The van der Waals surface area contributed by atoms with Gasteiger partial charge >= 0.3 is 0 Å². The van der Waals surface area contributed by atoms with Gasteiger partial charge in [-0.15, -0.1) is 0 Å². The van der Waals surface area contributed by atoms with E-state index in [4.69, 9.17) is 15.7 Å². The largest absolute Gasteiger partial charge is 0.494 e. The molecule has 1 aromatic rings. The number of ether oxygens (including phenoxy) is 1. The van der Waals surface area contributed by atoms with Crippen LogP contribution in [0.5, 0.6) is 5.75 Å². The Hall–Kier alpha value is -1.27. The van der Waals surface area contributed by atoms with Crippen molar-refractivity contribution in [2.24, 2.45) is 10.9 Å². The van der Waals surface area contributed by atoms with E-state index in [1.54, 1.807) is 12.1 Å². The third kappa shape index (κ3) is 4.54. The summed E-state index contributed by atoms with van der Waals surface area (Å²) >= 11 is 3.36. The number of rotatable bonds is 6. The maximum atomic E-state index is 8.61. The summed E-state index contributed by atoms with van der Waals surface area (Å²) in [6, 6.07) is 5.36. The van der Waals surface area contributed by atoms with Crippen molar-refractivity contribution in [1.82, 2.24) is 4.90 Å². The molecular formula is C12H18BrN3O2. The predicted molar refractivity (Wildman–Crippen MR) is 75.3 cm³/mol. The SMILES string of the molecule is CN(C)CCCOc1ccc(/C(N)=N/O)c(Br)c1. The Kier molecular flexibility index (Phi) is 5.94. The van der Waals surface area contributed by atoms with E-state index < -0.39 is 0 Å². The minimum atomic E-state index is 0.0704. The first-order chi connectivity index (χ1) is 8.54. The molecule has 0 atom stereocenters. The number of nitrogens with two attached hydrogens (primary N) is 1. The number of halogens is 1. The van der Waals surface area contributed by atoms with E-state index >= 15 is 0 Å². The molecule has 3 N–H and O–H groups in total. The first-order valence-corrected chi connectivity index (χ1v) is 6.39. The zero-order valence-corrected chi connectivity index (χ0v) is 12.1. The van der Waals surface area contributed by atoms with Crippen LogP contribution in [0.15, 0.2) is 27.8 Å². The maximum absolute atomic E-state index is 8.61. The lowest BCUT2D eigenvalue weighted by Crippen LogP contribution is -2.16. The third-order valence-electron chi connectivity index (χ3n) is 2.34. The van der Waals surface area contributed by atoms with Crippen molar-refractivity contribution >= 4 is 21.8 Å².